The van der Waals surface area contributed by atoms with Crippen molar-refractivity contribution in [1.82, 2.24) is 0 Å². The van der Waals surface area contributed by atoms with Crippen LogP contribution >= 0.6 is 0 Å². The summed E-state index contributed by atoms with van der Waals surface area (Å²) >= 11 is 0. The van der Waals surface area contributed by atoms with Crippen LogP contribution in [0.4, 0.5) is 0 Å². The fourth-order valence-electron chi connectivity index (χ4n) is 10.7. The Morgan fingerprint density at radius 3 is 0.731 bits per heavy atom. The zero-order valence-corrected chi connectivity index (χ0v) is 38.7. The van der Waals surface area contributed by atoms with E-state index in [0.717, 1.165) is 0 Å². The molecular formula is C49H74OSi2. The highest BCUT2D eigenvalue weighted by Gasteiger charge is 2.92. The minimum atomic E-state index is -2.87. The Morgan fingerprint density at radius 1 is 0.365 bits per heavy atom. The molecule has 3 aliphatic rings. The third kappa shape index (κ3) is 5.75. The highest BCUT2D eigenvalue weighted by molar-refractivity contribution is 7.77. The first-order valence-corrected chi connectivity index (χ1v) is 26.3. The van der Waals surface area contributed by atoms with Gasteiger partial charge in [-0.05, 0) is 124 Å². The maximum absolute atomic E-state index is 15.7. The molecule has 3 aliphatic heterocycles. The molecule has 3 saturated heterocycles. The second-order valence-electron chi connectivity index (χ2n) is 19.9. The lowest BCUT2D eigenvalue weighted by Gasteiger charge is -2.78. The van der Waals surface area contributed by atoms with Crippen molar-refractivity contribution in [2.24, 2.45) is 0 Å². The van der Waals surface area contributed by atoms with Crippen LogP contribution in [0.5, 0.6) is 0 Å². The zero-order chi connectivity index (χ0) is 39.1. The fourth-order valence-corrected chi connectivity index (χ4v) is 36.2. The van der Waals surface area contributed by atoms with Gasteiger partial charge in [-0.1, -0.05) is 168 Å². The summed E-state index contributed by atoms with van der Waals surface area (Å²) < 4.78 is 0. The van der Waals surface area contributed by atoms with E-state index in [9.17, 15) is 0 Å². The van der Waals surface area contributed by atoms with Gasteiger partial charge in [-0.3, -0.25) is 0 Å². The van der Waals surface area contributed by atoms with Crippen molar-refractivity contribution in [3.63, 3.8) is 0 Å². The van der Waals surface area contributed by atoms with Crippen molar-refractivity contribution >= 4 is 36.1 Å². The molecule has 3 unspecified atom stereocenters. The first-order chi connectivity index (χ1) is 24.1. The molecule has 3 aromatic rings. The van der Waals surface area contributed by atoms with E-state index in [1.165, 1.54) is 27.8 Å². The summed E-state index contributed by atoms with van der Waals surface area (Å²) in [6.07, 6.45) is 0. The summed E-state index contributed by atoms with van der Waals surface area (Å²) in [6, 6.07) is 15.6. The summed E-state index contributed by atoms with van der Waals surface area (Å²) in [4.78, 5) is 15.7. The van der Waals surface area contributed by atoms with Crippen molar-refractivity contribution < 1.29 is 4.79 Å². The van der Waals surface area contributed by atoms with Crippen LogP contribution in [0.1, 0.15) is 235 Å². The maximum atomic E-state index is 15.7. The summed E-state index contributed by atoms with van der Waals surface area (Å²) in [5.41, 5.74) is 14.1. The lowest BCUT2D eigenvalue weighted by molar-refractivity contribution is -0.115. The molecule has 3 heterocycles. The molecule has 1 nitrogen and oxygen atoms in total. The third-order valence-corrected chi connectivity index (χ3v) is 33.0. The standard InChI is InChI=1S/C49H74OSi2/c1-26(2)36-20-39(29(7)8)46(40(21-36)30(9)10)51-35(19)45(49(51)50)52(51,47-41(31(11)12)22-37(27(3)4)23-42(47)32(13)14)48-43(33(15)16)24-38(28(5)6)25-44(48)34(17)18/h20-35,45H,1-19H3. The van der Waals surface area contributed by atoms with Gasteiger partial charge in [0.1, 0.15) is 13.0 Å². The first-order valence-electron chi connectivity index (χ1n) is 21.2. The summed E-state index contributed by atoms with van der Waals surface area (Å²) in [5, 5.41) is 5.63. The monoisotopic (exact) mass is 735 g/mol. The Bertz CT molecular complexity index is 1670. The predicted molar refractivity (Wildman–Crippen MR) is 235 cm³/mol. The smallest absolute Gasteiger partial charge is 0.170 e. The average Bonchev–Trinajstić information content (AvgIpc) is 3.05. The Hall–Kier alpha value is -2.24. The van der Waals surface area contributed by atoms with Gasteiger partial charge < -0.3 is 4.79 Å². The number of carbonyl (C=O) groups excluding carboxylic acids is 1. The molecule has 284 valence electrons. The number of carbonyl (C=O) groups is 1. The Kier molecular flexibility index (Phi) is 11.4. The molecule has 3 aromatic carbocycles. The van der Waals surface area contributed by atoms with Crippen LogP contribution in [0, 0.1) is 0 Å². The van der Waals surface area contributed by atoms with Gasteiger partial charge in [-0.15, -0.1) is 0 Å². The van der Waals surface area contributed by atoms with Crippen LogP contribution in [-0.2, 0) is 4.79 Å². The van der Waals surface area contributed by atoms with Crippen molar-refractivity contribution in [2.75, 3.05) is 0 Å². The van der Waals surface area contributed by atoms with Crippen molar-refractivity contribution in [2.45, 2.75) is 196 Å². The summed E-state index contributed by atoms with van der Waals surface area (Å²) in [5.74, 6) is 3.58. The molecule has 0 spiro atoms. The molecule has 3 atom stereocenters. The highest BCUT2D eigenvalue weighted by atomic mass is 29.3. The molecule has 0 radical (unpaired) electrons. The highest BCUT2D eigenvalue weighted by Crippen LogP contribution is 2.71. The van der Waals surface area contributed by atoms with Crippen molar-refractivity contribution in [3.8, 4) is 0 Å². The third-order valence-electron chi connectivity index (χ3n) is 13.5. The average molecular weight is 735 g/mol. The van der Waals surface area contributed by atoms with Crippen LogP contribution in [0.25, 0.3) is 0 Å². The van der Waals surface area contributed by atoms with Gasteiger partial charge >= 0.3 is 0 Å². The molecule has 2 bridgehead atoms. The minimum absolute atomic E-state index is 0.142. The van der Waals surface area contributed by atoms with E-state index in [0.29, 0.717) is 64.2 Å². The van der Waals surface area contributed by atoms with Gasteiger partial charge in [0.2, 0.25) is 0 Å². The summed E-state index contributed by atoms with van der Waals surface area (Å²) in [6.45, 7) is 45.7. The number of benzene rings is 3. The van der Waals surface area contributed by atoms with E-state index in [-0.39, 0.29) is 5.54 Å². The number of hydrogen-bond donors (Lipinski definition) is 0. The SMILES string of the molecule is CC(C)c1cc(C(C)C)c([Si]23C(=O)C(C2C)[Si]3(c2c(C(C)C)cc(C(C)C)cc2C(C)C)c2c(C(C)C)cc(C(C)C)cc2C(C)C)c(C(C)C)c1. The van der Waals surface area contributed by atoms with Crippen LogP contribution in [0.15, 0.2) is 36.4 Å². The maximum Gasteiger partial charge on any atom is 0.170 e. The van der Waals surface area contributed by atoms with Gasteiger partial charge in [0.15, 0.2) is 7.59 Å². The molecule has 0 aliphatic carbocycles. The van der Waals surface area contributed by atoms with Crippen molar-refractivity contribution in [1.29, 1.82) is 0 Å². The van der Waals surface area contributed by atoms with Gasteiger partial charge in [0.25, 0.3) is 0 Å². The molecule has 3 fully saturated rings. The normalized spacial score (nSPS) is 21.3. The fraction of sp³-hybridized carbons (Fsp3) is 0.612. The van der Waals surface area contributed by atoms with Crippen LogP contribution in [0.3, 0.4) is 0 Å². The predicted octanol–water partition coefficient (Wildman–Crippen LogP) is 12.7. The molecule has 0 amide bonds. The molecule has 0 aromatic heterocycles. The lowest BCUT2D eigenvalue weighted by atomic mass is 9.89. The molecule has 0 saturated carbocycles. The first kappa shape index (κ1) is 40.9. The largest absolute Gasteiger partial charge is 0.305 e. The lowest BCUT2D eigenvalue weighted by Crippen LogP contribution is -3.06. The zero-order valence-electron chi connectivity index (χ0n) is 36.7. The molecule has 6 rings (SSSR count). The Balaban J connectivity index is 2.17. The van der Waals surface area contributed by atoms with Crippen LogP contribution < -0.4 is 15.6 Å². The van der Waals surface area contributed by atoms with Crippen molar-refractivity contribution in [3.05, 3.63) is 86.5 Å². The number of rotatable bonds is 12. The molecule has 3 heteroatoms. The molecule has 0 N–H and O–H groups in total. The van der Waals surface area contributed by atoms with Gasteiger partial charge in [0, 0.05) is 5.54 Å². The second-order valence-corrected chi connectivity index (χ2v) is 31.4. The van der Waals surface area contributed by atoms with E-state index in [4.69, 9.17) is 0 Å². The van der Waals surface area contributed by atoms with Gasteiger partial charge in [-0.25, -0.2) is 0 Å². The quantitative estimate of drug-likeness (QED) is 0.169. The molecule has 52 heavy (non-hydrogen) atoms. The van der Waals surface area contributed by atoms with Crippen LogP contribution in [0.2, 0.25) is 11.1 Å². The van der Waals surface area contributed by atoms with E-state index in [2.05, 4.69) is 168 Å². The number of hydrogen-bond acceptors (Lipinski definition) is 1. The van der Waals surface area contributed by atoms with E-state index >= 15 is 4.79 Å². The second kappa shape index (κ2) is 14.4. The molecular weight excluding hydrogens is 661 g/mol. The van der Waals surface area contributed by atoms with E-state index < -0.39 is 15.2 Å². The summed E-state index contributed by atoms with van der Waals surface area (Å²) in [7, 11) is -5.64. The van der Waals surface area contributed by atoms with Crippen LogP contribution in [-0.4, -0.2) is 20.6 Å². The van der Waals surface area contributed by atoms with E-state index in [1.54, 1.807) is 37.8 Å². The topological polar surface area (TPSA) is 17.1 Å². The van der Waals surface area contributed by atoms with Gasteiger partial charge in [0.05, 0.1) is 0 Å². The Morgan fingerprint density at radius 2 is 0.577 bits per heavy atom. The minimum Gasteiger partial charge on any atom is -0.305 e. The van der Waals surface area contributed by atoms with Gasteiger partial charge in [-0.2, -0.15) is 0 Å². The van der Waals surface area contributed by atoms with E-state index in [1.807, 2.05) is 0 Å². The Labute approximate surface area is 322 Å².